The van der Waals surface area contributed by atoms with Crippen LogP contribution in [0, 0.1) is 0 Å². The summed E-state index contributed by atoms with van der Waals surface area (Å²) in [5.41, 5.74) is 2.97. The van der Waals surface area contributed by atoms with Crippen LogP contribution in [0.3, 0.4) is 0 Å². The third kappa shape index (κ3) is 2.72. The van der Waals surface area contributed by atoms with Gasteiger partial charge in [0.2, 0.25) is 0 Å². The van der Waals surface area contributed by atoms with Crippen LogP contribution in [0.1, 0.15) is 27.6 Å². The molecular weight excluding hydrogens is 442 g/mol. The maximum atomic E-state index is 2.69. The standard InChI is InChI=1S/C9H7.2C5H5.2CH3.2ClH.H2Si.Zr/c1-2-5-9-7-3-6-8(9)4-1;2*1-2-4-5-3-1;;;;;;/h1-7H;2*1-3H,4H2;2*1H3;2*1H;1H2;. The summed E-state index contributed by atoms with van der Waals surface area (Å²) in [4.78, 5) is 0. The van der Waals surface area contributed by atoms with Gasteiger partial charge in [0.1, 0.15) is 0 Å². The monoisotopic (exact) mass is 467 g/mol. The van der Waals surface area contributed by atoms with E-state index in [1.165, 1.54) is 5.56 Å². The van der Waals surface area contributed by atoms with Gasteiger partial charge in [-0.3, -0.25) is 0 Å². The summed E-state index contributed by atoms with van der Waals surface area (Å²) in [6, 6.07) is 9.01. The topological polar surface area (TPSA) is 0 Å². The van der Waals surface area contributed by atoms with Crippen molar-refractivity contribution in [2.45, 2.75) is 25.7 Å². The molecule has 4 heteroatoms. The van der Waals surface area contributed by atoms with Crippen LogP contribution >= 0.6 is 24.8 Å². The molecule has 1 unspecified atom stereocenters. The molecule has 1 aromatic rings. The molecule has 4 rings (SSSR count). The minimum absolute atomic E-state index is 0. The van der Waals surface area contributed by atoms with Crippen molar-refractivity contribution in [1.82, 2.24) is 0 Å². The van der Waals surface area contributed by atoms with Gasteiger partial charge < -0.3 is 0 Å². The Morgan fingerprint density at radius 2 is 1.48 bits per heavy atom. The first-order valence-corrected chi connectivity index (χ1v) is 23.4. The molecule has 0 nitrogen and oxygen atoms in total. The molecule has 1 atom stereocenters. The van der Waals surface area contributed by atoms with Crippen molar-refractivity contribution >= 4 is 37.8 Å². The molecule has 0 fully saturated rings. The summed E-state index contributed by atoms with van der Waals surface area (Å²) in [7, 11) is 0. The molecule has 3 aliphatic carbocycles. The molecule has 0 spiro atoms. The van der Waals surface area contributed by atoms with Crippen molar-refractivity contribution in [3.05, 3.63) is 84.5 Å². The van der Waals surface area contributed by atoms with Gasteiger partial charge in [0.25, 0.3) is 0 Å². The fourth-order valence-electron chi connectivity index (χ4n) is 5.09. The van der Waals surface area contributed by atoms with E-state index in [0.717, 1.165) is 12.8 Å². The molecule has 0 amide bonds. The molecule has 25 heavy (non-hydrogen) atoms. The van der Waals surface area contributed by atoms with Crippen LogP contribution in [0.15, 0.2) is 73.4 Å². The molecule has 0 bridgehead atoms. The van der Waals surface area contributed by atoms with Crippen molar-refractivity contribution in [2.24, 2.45) is 0 Å². The van der Waals surface area contributed by atoms with Gasteiger partial charge in [0, 0.05) is 0 Å². The van der Waals surface area contributed by atoms with Crippen LogP contribution < -0.4 is 0 Å². The molecule has 0 N–H and O–H groups in total. The van der Waals surface area contributed by atoms with Gasteiger partial charge in [-0.2, -0.15) is 0 Å². The van der Waals surface area contributed by atoms with Crippen molar-refractivity contribution in [2.75, 3.05) is 0 Å². The van der Waals surface area contributed by atoms with E-state index >= 15 is 0 Å². The maximum absolute atomic E-state index is 3.88. The predicted octanol–water partition coefficient (Wildman–Crippen LogP) is 6.16. The van der Waals surface area contributed by atoms with Gasteiger partial charge in [-0.25, -0.2) is 0 Å². The first-order valence-electron chi connectivity index (χ1n) is 8.65. The average molecular weight is 470 g/mol. The number of fused-ring (bicyclic) bond motifs is 1. The third-order valence-electron chi connectivity index (χ3n) is 6.93. The zero-order chi connectivity index (χ0) is 16.2. The van der Waals surface area contributed by atoms with E-state index < -0.39 is 15.9 Å². The quantitative estimate of drug-likeness (QED) is 0.466. The predicted molar refractivity (Wildman–Crippen MR) is 117 cm³/mol. The van der Waals surface area contributed by atoms with E-state index in [-0.39, 0.29) is 24.8 Å². The molecule has 0 radical (unpaired) electrons. The van der Waals surface area contributed by atoms with Gasteiger partial charge in [-0.15, -0.1) is 24.8 Å². The Balaban J connectivity index is 0.00000113. The Kier molecular flexibility index (Phi) is 5.30. The van der Waals surface area contributed by atoms with Crippen molar-refractivity contribution in [3.63, 3.8) is 0 Å². The molecule has 1 aromatic carbocycles. The number of allylic oxidation sites excluding steroid dienone is 9. The van der Waals surface area contributed by atoms with Crippen LogP contribution in [-0.2, 0) is 15.9 Å². The zero-order valence-electron chi connectivity index (χ0n) is 14.9. The molecular formula is C21H27Cl2SiZr. The minimum atomic E-state index is -3.88. The molecule has 3 aliphatic rings. The number of benzene rings is 1. The van der Waals surface area contributed by atoms with E-state index in [4.69, 9.17) is 0 Å². The number of hydrogen-bond acceptors (Lipinski definition) is 0. The normalized spacial score (nSPS) is 23.0. The molecule has 0 aromatic heterocycles. The Morgan fingerprint density at radius 3 is 2.00 bits per heavy atom. The van der Waals surface area contributed by atoms with E-state index in [0.29, 0.717) is 3.63 Å². The van der Waals surface area contributed by atoms with Crippen LogP contribution in [0.25, 0.3) is 6.08 Å². The summed E-state index contributed by atoms with van der Waals surface area (Å²) in [6.45, 7) is 2.39. The van der Waals surface area contributed by atoms with E-state index in [9.17, 15) is 0 Å². The van der Waals surface area contributed by atoms with E-state index in [2.05, 4.69) is 89.0 Å². The summed E-state index contributed by atoms with van der Waals surface area (Å²) in [5.74, 6) is 0. The second-order valence-corrected chi connectivity index (χ2v) is 47.0. The SMILES string of the molecule is Cl.Cl.[CH3][Zr]([CH3])(=[SiH2])([C]1=CC=CC1)([C]1=CC=CC1)[CH]1C=Cc2ccccc21. The van der Waals surface area contributed by atoms with Crippen molar-refractivity contribution in [1.29, 1.82) is 0 Å². The number of halogens is 2. The summed E-state index contributed by atoms with van der Waals surface area (Å²) in [5, 5.41) is 0. The van der Waals surface area contributed by atoms with Crippen LogP contribution in [0.5, 0.6) is 0 Å². The Bertz CT molecular complexity index is 916. The molecule has 0 saturated carbocycles. The van der Waals surface area contributed by atoms with Crippen LogP contribution in [0.2, 0.25) is 9.26 Å². The molecule has 0 heterocycles. The summed E-state index contributed by atoms with van der Waals surface area (Å²) in [6.07, 6.45) is 21.3. The Hall–Kier alpha value is -0.400. The van der Waals surface area contributed by atoms with E-state index in [1.807, 2.05) is 0 Å². The van der Waals surface area contributed by atoms with Crippen LogP contribution in [-0.4, -0.2) is 6.88 Å². The number of rotatable bonds is 3. The van der Waals surface area contributed by atoms with Crippen LogP contribution in [0.4, 0.5) is 0 Å². The Morgan fingerprint density at radius 1 is 0.920 bits per heavy atom. The Labute approximate surface area is 162 Å². The first-order chi connectivity index (χ1) is 10.9. The fourth-order valence-corrected chi connectivity index (χ4v) is 26.7. The number of hydrogen-bond donors (Lipinski definition) is 0. The summed E-state index contributed by atoms with van der Waals surface area (Å²) < 4.78 is 9.39. The van der Waals surface area contributed by atoms with Gasteiger partial charge in [-0.1, -0.05) is 0 Å². The summed E-state index contributed by atoms with van der Waals surface area (Å²) >= 11 is -3.88. The zero-order valence-corrected chi connectivity index (χ0v) is 20.4. The second kappa shape index (κ2) is 6.34. The van der Waals surface area contributed by atoms with Gasteiger partial charge >= 0.3 is 139 Å². The van der Waals surface area contributed by atoms with Gasteiger partial charge in [-0.05, 0) is 0 Å². The molecule has 0 aliphatic heterocycles. The molecule has 0 saturated heterocycles. The van der Waals surface area contributed by atoms with Crippen molar-refractivity contribution < 1.29 is 15.9 Å². The van der Waals surface area contributed by atoms with Gasteiger partial charge in [0.05, 0.1) is 0 Å². The average Bonchev–Trinajstić information content (AvgIpc) is 3.26. The second-order valence-electron chi connectivity index (χ2n) is 8.87. The van der Waals surface area contributed by atoms with E-state index in [1.54, 1.807) is 12.1 Å². The third-order valence-corrected chi connectivity index (χ3v) is 35.6. The van der Waals surface area contributed by atoms with Crippen molar-refractivity contribution in [3.8, 4) is 0 Å². The first kappa shape index (κ1) is 20.9. The van der Waals surface area contributed by atoms with Gasteiger partial charge in [0.15, 0.2) is 0 Å². The fraction of sp³-hybridized carbons (Fsp3) is 0.238. The molecule has 133 valence electrons.